The molecule has 70 valence electrons. The first kappa shape index (κ1) is 9.78. The Labute approximate surface area is 79.0 Å². The lowest BCUT2D eigenvalue weighted by Crippen LogP contribution is -2.25. The van der Waals surface area contributed by atoms with E-state index in [9.17, 15) is 4.79 Å². The van der Waals surface area contributed by atoms with Crippen LogP contribution in [0.15, 0.2) is 24.3 Å². The summed E-state index contributed by atoms with van der Waals surface area (Å²) in [5.74, 6) is 0. The molecule has 0 spiro atoms. The molecule has 0 fully saturated rings. The van der Waals surface area contributed by atoms with Gasteiger partial charge in [-0.15, -0.1) is 0 Å². The molecule has 2 heteroatoms. The number of anilines is 1. The van der Waals surface area contributed by atoms with E-state index < -0.39 is 0 Å². The predicted octanol–water partition coefficient (Wildman–Crippen LogP) is 2.71. The highest BCUT2D eigenvalue weighted by Crippen LogP contribution is 2.14. The molecule has 0 bridgehead atoms. The predicted molar refractivity (Wildman–Crippen MR) is 55.2 cm³/mol. The molecule has 0 radical (unpaired) electrons. The van der Waals surface area contributed by atoms with Crippen molar-refractivity contribution in [3.63, 3.8) is 0 Å². The second-order valence-electron chi connectivity index (χ2n) is 4.11. The zero-order chi connectivity index (χ0) is 9.90. The van der Waals surface area contributed by atoms with Crippen LogP contribution in [0.5, 0.6) is 0 Å². The molecule has 1 aromatic carbocycles. The van der Waals surface area contributed by atoms with E-state index in [2.05, 4.69) is 26.1 Å². The maximum atomic E-state index is 10.4. The third kappa shape index (κ3) is 3.28. The van der Waals surface area contributed by atoms with E-state index in [4.69, 9.17) is 0 Å². The van der Waals surface area contributed by atoms with Gasteiger partial charge in [0.25, 0.3) is 0 Å². The van der Waals surface area contributed by atoms with Crippen molar-refractivity contribution in [2.24, 2.45) is 0 Å². The highest BCUT2D eigenvalue weighted by molar-refractivity contribution is 5.75. The number of benzene rings is 1. The standard InChI is InChI=1S/C11H15NO/c1-11(2,3)12-10-6-4-9(8-13)5-7-10/h4-8,12H,1-3H3. The fourth-order valence-corrected chi connectivity index (χ4v) is 1.08. The Bertz CT molecular complexity index is 282. The van der Waals surface area contributed by atoms with Gasteiger partial charge in [0.05, 0.1) is 0 Å². The zero-order valence-corrected chi connectivity index (χ0v) is 8.29. The first-order valence-electron chi connectivity index (χ1n) is 4.35. The van der Waals surface area contributed by atoms with E-state index in [1.54, 1.807) is 12.1 Å². The molecule has 0 saturated carbocycles. The number of carbonyl (C=O) groups is 1. The number of rotatable bonds is 2. The number of nitrogens with one attached hydrogen (secondary N) is 1. The molecule has 0 saturated heterocycles. The molecule has 0 amide bonds. The van der Waals surface area contributed by atoms with Crippen LogP contribution in [0, 0.1) is 0 Å². The van der Waals surface area contributed by atoms with Gasteiger partial charge in [0.2, 0.25) is 0 Å². The minimum Gasteiger partial charge on any atom is -0.380 e. The second kappa shape index (κ2) is 3.60. The van der Waals surface area contributed by atoms with Crippen LogP contribution in [-0.4, -0.2) is 11.8 Å². The van der Waals surface area contributed by atoms with Crippen molar-refractivity contribution >= 4 is 12.0 Å². The molecular weight excluding hydrogens is 162 g/mol. The number of aldehydes is 1. The van der Waals surface area contributed by atoms with E-state index in [0.717, 1.165) is 12.0 Å². The Balaban J connectivity index is 2.75. The fraction of sp³-hybridized carbons (Fsp3) is 0.364. The van der Waals surface area contributed by atoms with Crippen LogP contribution in [0.4, 0.5) is 5.69 Å². The highest BCUT2D eigenvalue weighted by Gasteiger charge is 2.08. The summed E-state index contributed by atoms with van der Waals surface area (Å²) in [6.07, 6.45) is 0.848. The molecule has 1 aromatic rings. The molecule has 0 aromatic heterocycles. The maximum Gasteiger partial charge on any atom is 0.150 e. The summed E-state index contributed by atoms with van der Waals surface area (Å²) in [7, 11) is 0. The Kier molecular flexibility index (Phi) is 2.71. The van der Waals surface area contributed by atoms with Gasteiger partial charge in [-0.05, 0) is 45.0 Å². The van der Waals surface area contributed by atoms with Crippen LogP contribution >= 0.6 is 0 Å². The molecule has 0 heterocycles. The van der Waals surface area contributed by atoms with Gasteiger partial charge < -0.3 is 5.32 Å². The Hall–Kier alpha value is -1.31. The fourth-order valence-electron chi connectivity index (χ4n) is 1.08. The van der Waals surface area contributed by atoms with Crippen molar-refractivity contribution in [1.82, 2.24) is 0 Å². The SMILES string of the molecule is CC(C)(C)Nc1ccc(C=O)cc1. The van der Waals surface area contributed by atoms with Crippen LogP contribution in [0.2, 0.25) is 0 Å². The van der Waals surface area contributed by atoms with Crippen LogP contribution in [0.25, 0.3) is 0 Å². The van der Waals surface area contributed by atoms with Crippen molar-refractivity contribution in [3.05, 3.63) is 29.8 Å². The van der Waals surface area contributed by atoms with Crippen molar-refractivity contribution in [2.45, 2.75) is 26.3 Å². The van der Waals surface area contributed by atoms with E-state index in [0.29, 0.717) is 5.56 Å². The second-order valence-corrected chi connectivity index (χ2v) is 4.11. The lowest BCUT2D eigenvalue weighted by molar-refractivity contribution is 0.112. The van der Waals surface area contributed by atoms with E-state index in [1.165, 1.54) is 0 Å². The molecule has 0 unspecified atom stereocenters. The average Bonchev–Trinajstić information content (AvgIpc) is 2.03. The number of hydrogen-bond donors (Lipinski definition) is 1. The lowest BCUT2D eigenvalue weighted by atomic mass is 10.1. The van der Waals surface area contributed by atoms with E-state index >= 15 is 0 Å². The van der Waals surface area contributed by atoms with Gasteiger partial charge >= 0.3 is 0 Å². The third-order valence-corrected chi connectivity index (χ3v) is 1.57. The van der Waals surface area contributed by atoms with Gasteiger partial charge in [0.1, 0.15) is 6.29 Å². The van der Waals surface area contributed by atoms with E-state index in [-0.39, 0.29) is 5.54 Å². The highest BCUT2D eigenvalue weighted by atomic mass is 16.1. The smallest absolute Gasteiger partial charge is 0.150 e. The molecule has 0 aliphatic heterocycles. The number of hydrogen-bond acceptors (Lipinski definition) is 2. The summed E-state index contributed by atoms with van der Waals surface area (Å²) in [5, 5.41) is 3.32. The van der Waals surface area contributed by atoms with Crippen molar-refractivity contribution in [3.8, 4) is 0 Å². The van der Waals surface area contributed by atoms with Gasteiger partial charge in [-0.25, -0.2) is 0 Å². The van der Waals surface area contributed by atoms with Crippen molar-refractivity contribution in [1.29, 1.82) is 0 Å². The van der Waals surface area contributed by atoms with Crippen LogP contribution in [0.1, 0.15) is 31.1 Å². The Morgan fingerprint density at radius 2 is 1.69 bits per heavy atom. The van der Waals surface area contributed by atoms with Gasteiger partial charge in [0, 0.05) is 16.8 Å². The largest absolute Gasteiger partial charge is 0.380 e. The molecule has 1 rings (SSSR count). The summed E-state index contributed by atoms with van der Waals surface area (Å²) in [5.41, 5.74) is 1.81. The summed E-state index contributed by atoms with van der Waals surface area (Å²) in [4.78, 5) is 10.4. The maximum absolute atomic E-state index is 10.4. The van der Waals surface area contributed by atoms with Crippen LogP contribution in [0.3, 0.4) is 0 Å². The average molecular weight is 177 g/mol. The monoisotopic (exact) mass is 177 g/mol. The van der Waals surface area contributed by atoms with Crippen LogP contribution in [-0.2, 0) is 0 Å². The summed E-state index contributed by atoms with van der Waals surface area (Å²) in [6, 6.07) is 7.44. The summed E-state index contributed by atoms with van der Waals surface area (Å²) < 4.78 is 0. The Morgan fingerprint density at radius 1 is 1.15 bits per heavy atom. The van der Waals surface area contributed by atoms with Crippen LogP contribution < -0.4 is 5.32 Å². The lowest BCUT2D eigenvalue weighted by Gasteiger charge is -2.22. The molecule has 13 heavy (non-hydrogen) atoms. The summed E-state index contributed by atoms with van der Waals surface area (Å²) in [6.45, 7) is 6.29. The third-order valence-electron chi connectivity index (χ3n) is 1.57. The first-order chi connectivity index (χ1) is 6.01. The van der Waals surface area contributed by atoms with Gasteiger partial charge in [-0.3, -0.25) is 4.79 Å². The molecule has 0 atom stereocenters. The van der Waals surface area contributed by atoms with Gasteiger partial charge in [-0.1, -0.05) is 0 Å². The minimum absolute atomic E-state index is 0.0582. The van der Waals surface area contributed by atoms with Crippen molar-refractivity contribution < 1.29 is 4.79 Å². The summed E-state index contributed by atoms with van der Waals surface area (Å²) >= 11 is 0. The van der Waals surface area contributed by atoms with Gasteiger partial charge in [0.15, 0.2) is 0 Å². The quantitative estimate of drug-likeness (QED) is 0.704. The van der Waals surface area contributed by atoms with Gasteiger partial charge in [-0.2, -0.15) is 0 Å². The molecule has 2 nitrogen and oxygen atoms in total. The molecule has 0 aliphatic rings. The van der Waals surface area contributed by atoms with E-state index in [1.807, 2.05) is 12.1 Å². The molecule has 1 N–H and O–H groups in total. The molecule has 0 aliphatic carbocycles. The minimum atomic E-state index is 0.0582. The van der Waals surface area contributed by atoms with Crippen molar-refractivity contribution in [2.75, 3.05) is 5.32 Å². The first-order valence-corrected chi connectivity index (χ1v) is 4.35. The zero-order valence-electron chi connectivity index (χ0n) is 8.29. The topological polar surface area (TPSA) is 29.1 Å². The molecular formula is C11H15NO. The number of carbonyl (C=O) groups excluding carboxylic acids is 1. The Morgan fingerprint density at radius 3 is 2.08 bits per heavy atom. The normalized spacial score (nSPS) is 11.0.